The molecule has 1 fully saturated rings. The largest absolute Gasteiger partial charge is 0.351 e. The van der Waals surface area contributed by atoms with Crippen LogP contribution in [0.4, 0.5) is 10.1 Å². The van der Waals surface area contributed by atoms with E-state index in [2.05, 4.69) is 12.1 Å². The molecular weight excluding hydrogens is 413 g/mol. The van der Waals surface area contributed by atoms with E-state index in [1.54, 1.807) is 0 Å². The lowest BCUT2D eigenvalue weighted by Gasteiger charge is -2.35. The van der Waals surface area contributed by atoms with Gasteiger partial charge in [0.15, 0.2) is 11.2 Å². The van der Waals surface area contributed by atoms with E-state index in [1.807, 2.05) is 72.5 Å². The van der Waals surface area contributed by atoms with Crippen molar-refractivity contribution in [2.24, 2.45) is 5.41 Å². The lowest BCUT2D eigenvalue weighted by atomic mass is 9.69. The molecule has 33 heavy (non-hydrogen) atoms. The van der Waals surface area contributed by atoms with Crippen LogP contribution in [0.15, 0.2) is 78.9 Å². The summed E-state index contributed by atoms with van der Waals surface area (Å²) in [5.41, 5.74) is 2.37. The maximum atomic E-state index is 14.0. The van der Waals surface area contributed by atoms with Crippen molar-refractivity contribution in [3.05, 3.63) is 107 Å². The van der Waals surface area contributed by atoms with E-state index in [0.717, 1.165) is 22.4 Å². The van der Waals surface area contributed by atoms with Crippen LogP contribution < -0.4 is 4.90 Å². The highest BCUT2D eigenvalue weighted by Crippen LogP contribution is 2.55. The first-order valence-electron chi connectivity index (χ1n) is 10.7. The number of aryl methyl sites for hydroxylation is 1. The van der Waals surface area contributed by atoms with Gasteiger partial charge < -0.3 is 4.90 Å². The summed E-state index contributed by atoms with van der Waals surface area (Å²) in [5.74, 6) is -1.38. The van der Waals surface area contributed by atoms with Crippen molar-refractivity contribution in [1.29, 1.82) is 10.5 Å². The van der Waals surface area contributed by atoms with Gasteiger partial charge in [0.1, 0.15) is 11.9 Å². The zero-order chi connectivity index (χ0) is 23.2. The summed E-state index contributed by atoms with van der Waals surface area (Å²) in [7, 11) is 0. The fourth-order valence-electron chi connectivity index (χ4n) is 5.17. The molecule has 0 unspecified atom stereocenters. The normalized spacial score (nSPS) is 22.1. The van der Waals surface area contributed by atoms with Gasteiger partial charge in [0, 0.05) is 17.2 Å². The zero-order valence-electron chi connectivity index (χ0n) is 17.9. The van der Waals surface area contributed by atoms with Crippen LogP contribution in [0.3, 0.4) is 0 Å². The molecule has 4 nitrogen and oxygen atoms in total. The van der Waals surface area contributed by atoms with E-state index in [1.165, 1.54) is 24.3 Å². The Bertz CT molecular complexity index is 1330. The lowest BCUT2D eigenvalue weighted by molar-refractivity contribution is 0.0951. The van der Waals surface area contributed by atoms with Crippen LogP contribution in [0, 0.1) is 40.8 Å². The second kappa shape index (κ2) is 7.73. The number of fused-ring (bicyclic) bond motifs is 3. The SMILES string of the molecule is Cc1ccc([C@@H]2[C@@H](C(=O)c3ccc(F)cc3)N3c4ccccc4C=C[C@@H]3C2(C#N)C#N)cc1. The number of para-hydroxylation sites is 1. The van der Waals surface area contributed by atoms with E-state index in [9.17, 15) is 19.7 Å². The number of nitriles is 2. The molecule has 0 radical (unpaired) electrons. The van der Waals surface area contributed by atoms with Gasteiger partial charge in [-0.3, -0.25) is 4.79 Å². The molecule has 3 atom stereocenters. The van der Waals surface area contributed by atoms with Crippen LogP contribution in [0.1, 0.15) is 33.0 Å². The predicted molar refractivity (Wildman–Crippen MR) is 124 cm³/mol. The van der Waals surface area contributed by atoms with Gasteiger partial charge in [0.25, 0.3) is 0 Å². The summed E-state index contributed by atoms with van der Waals surface area (Å²) in [6, 6.07) is 23.9. The first-order valence-corrected chi connectivity index (χ1v) is 10.7. The molecule has 0 aliphatic carbocycles. The highest BCUT2D eigenvalue weighted by molar-refractivity contribution is 6.04. The second-order valence-electron chi connectivity index (χ2n) is 8.57. The Hall–Kier alpha value is -4.22. The highest BCUT2D eigenvalue weighted by atomic mass is 19.1. The summed E-state index contributed by atoms with van der Waals surface area (Å²) in [6.45, 7) is 1.96. The molecule has 0 N–H and O–H groups in total. The van der Waals surface area contributed by atoms with Gasteiger partial charge in [0.2, 0.25) is 0 Å². The molecule has 0 saturated carbocycles. The smallest absolute Gasteiger partial charge is 0.185 e. The van der Waals surface area contributed by atoms with E-state index < -0.39 is 29.2 Å². The van der Waals surface area contributed by atoms with Crippen LogP contribution in [0.25, 0.3) is 6.08 Å². The first kappa shape index (κ1) is 20.7. The summed E-state index contributed by atoms with van der Waals surface area (Å²) in [5, 5.41) is 20.8. The van der Waals surface area contributed by atoms with Gasteiger partial charge in [-0.05, 0) is 48.4 Å². The maximum absolute atomic E-state index is 14.0. The van der Waals surface area contributed by atoms with Crippen molar-refractivity contribution in [1.82, 2.24) is 0 Å². The molecular formula is C28H20FN3O. The number of halogens is 1. The maximum Gasteiger partial charge on any atom is 0.185 e. The molecule has 160 valence electrons. The molecule has 2 aliphatic rings. The van der Waals surface area contributed by atoms with E-state index in [0.29, 0.717) is 5.56 Å². The van der Waals surface area contributed by atoms with Crippen LogP contribution in [0.5, 0.6) is 0 Å². The van der Waals surface area contributed by atoms with Crippen molar-refractivity contribution >= 4 is 17.5 Å². The van der Waals surface area contributed by atoms with Gasteiger partial charge in [-0.15, -0.1) is 0 Å². The third-order valence-corrected chi connectivity index (χ3v) is 6.75. The first-order chi connectivity index (χ1) is 16.0. The van der Waals surface area contributed by atoms with Crippen LogP contribution in [0.2, 0.25) is 0 Å². The number of nitrogens with zero attached hydrogens (tertiary/aromatic N) is 3. The molecule has 0 amide bonds. The number of rotatable bonds is 3. The predicted octanol–water partition coefficient (Wildman–Crippen LogP) is 5.42. The Morgan fingerprint density at radius 3 is 2.30 bits per heavy atom. The Balaban J connectivity index is 1.78. The Morgan fingerprint density at radius 2 is 1.64 bits per heavy atom. The number of anilines is 1. The minimum atomic E-state index is -1.49. The minimum absolute atomic E-state index is 0.247. The topological polar surface area (TPSA) is 67.9 Å². The van der Waals surface area contributed by atoms with Crippen molar-refractivity contribution in [2.75, 3.05) is 4.90 Å². The Morgan fingerprint density at radius 1 is 0.970 bits per heavy atom. The van der Waals surface area contributed by atoms with Gasteiger partial charge in [-0.25, -0.2) is 4.39 Å². The standard InChI is InChI=1S/C28H20FN3O/c1-18-6-8-20(9-7-18)25-26(27(33)21-10-13-22(29)14-11-21)32-23-5-3-2-4-19(23)12-15-24(32)28(25,16-30)17-31/h2-15,24-26H,1H3/t24-,25-,26+/m1/s1. The second-order valence-corrected chi connectivity index (χ2v) is 8.57. The van der Waals surface area contributed by atoms with Crippen molar-refractivity contribution in [3.8, 4) is 12.1 Å². The monoisotopic (exact) mass is 433 g/mol. The van der Waals surface area contributed by atoms with Gasteiger partial charge in [0.05, 0.1) is 18.2 Å². The molecule has 1 saturated heterocycles. The van der Waals surface area contributed by atoms with Gasteiger partial charge in [-0.1, -0.05) is 60.2 Å². The molecule has 0 aromatic heterocycles. The lowest BCUT2D eigenvalue weighted by Crippen LogP contribution is -2.44. The molecule has 3 aromatic rings. The van der Waals surface area contributed by atoms with E-state index in [4.69, 9.17) is 0 Å². The molecule has 0 bridgehead atoms. The quantitative estimate of drug-likeness (QED) is 0.518. The molecule has 2 aliphatic heterocycles. The zero-order valence-corrected chi connectivity index (χ0v) is 17.9. The summed E-state index contributed by atoms with van der Waals surface area (Å²) < 4.78 is 13.6. The number of ketones is 1. The summed E-state index contributed by atoms with van der Waals surface area (Å²) in [4.78, 5) is 15.9. The summed E-state index contributed by atoms with van der Waals surface area (Å²) >= 11 is 0. The average molecular weight is 433 g/mol. The van der Waals surface area contributed by atoms with Crippen LogP contribution >= 0.6 is 0 Å². The third-order valence-electron chi connectivity index (χ3n) is 6.75. The van der Waals surface area contributed by atoms with E-state index >= 15 is 0 Å². The van der Waals surface area contributed by atoms with Crippen LogP contribution in [-0.2, 0) is 0 Å². The fraction of sp³-hybridized carbons (Fsp3) is 0.179. The summed E-state index contributed by atoms with van der Waals surface area (Å²) in [6.07, 6.45) is 3.77. The fourth-order valence-corrected chi connectivity index (χ4v) is 5.17. The number of hydrogen-bond donors (Lipinski definition) is 0. The number of Topliss-reactive ketones (excluding diaryl/α,β-unsaturated/α-hetero) is 1. The molecule has 5 rings (SSSR count). The van der Waals surface area contributed by atoms with Crippen molar-refractivity contribution in [3.63, 3.8) is 0 Å². The molecule has 0 spiro atoms. The number of benzene rings is 3. The number of carbonyl (C=O) groups is 1. The van der Waals surface area contributed by atoms with Crippen LogP contribution in [-0.4, -0.2) is 17.9 Å². The molecule has 5 heteroatoms. The third kappa shape index (κ3) is 3.05. The Kier molecular flexibility index (Phi) is 4.84. The van der Waals surface area contributed by atoms with E-state index in [-0.39, 0.29) is 5.78 Å². The number of carbonyl (C=O) groups excluding carboxylic acids is 1. The average Bonchev–Trinajstić information content (AvgIpc) is 3.15. The Labute approximate surface area is 191 Å². The molecule has 3 aromatic carbocycles. The van der Waals surface area contributed by atoms with Gasteiger partial charge in [-0.2, -0.15) is 10.5 Å². The number of hydrogen-bond acceptors (Lipinski definition) is 4. The molecule has 2 heterocycles. The van der Waals surface area contributed by atoms with Gasteiger partial charge >= 0.3 is 0 Å². The van der Waals surface area contributed by atoms with Crippen molar-refractivity contribution < 1.29 is 9.18 Å². The highest BCUT2D eigenvalue weighted by Gasteiger charge is 2.63. The van der Waals surface area contributed by atoms with Crippen molar-refractivity contribution in [2.45, 2.75) is 24.9 Å². The minimum Gasteiger partial charge on any atom is -0.351 e.